The fourth-order valence-corrected chi connectivity index (χ4v) is 1.49. The molecule has 2 atom stereocenters. The zero-order valence-corrected chi connectivity index (χ0v) is 12.0. The molecule has 18 heavy (non-hydrogen) atoms. The summed E-state index contributed by atoms with van der Waals surface area (Å²) >= 11 is 0. The van der Waals surface area contributed by atoms with Crippen LogP contribution < -0.4 is 5.32 Å². The van der Waals surface area contributed by atoms with E-state index in [9.17, 15) is 14.9 Å². The highest BCUT2D eigenvalue weighted by atomic mass is 16.6. The van der Waals surface area contributed by atoms with Crippen molar-refractivity contribution in [3.8, 4) is 0 Å². The molecule has 0 aromatic heterocycles. The van der Waals surface area contributed by atoms with E-state index in [0.717, 1.165) is 0 Å². The highest BCUT2D eigenvalue weighted by molar-refractivity contribution is 5.68. The number of rotatable bonds is 5. The number of ether oxygens (including phenoxy) is 1. The van der Waals surface area contributed by atoms with Crippen LogP contribution in [-0.4, -0.2) is 28.7 Å². The monoisotopic (exact) mass is 260 g/mol. The number of hydrogen-bond acceptors (Lipinski definition) is 4. The zero-order valence-electron chi connectivity index (χ0n) is 12.0. The molecule has 6 nitrogen and oxygen atoms in total. The SMILES string of the molecule is CC(C)C[C@H](NC(=O)OC(C)(C)C)[C@H](C)[N+](=O)[O-]. The van der Waals surface area contributed by atoms with Crippen molar-refractivity contribution in [1.29, 1.82) is 0 Å². The topological polar surface area (TPSA) is 81.5 Å². The minimum Gasteiger partial charge on any atom is -0.444 e. The van der Waals surface area contributed by atoms with Gasteiger partial charge in [0.2, 0.25) is 6.04 Å². The first-order valence-corrected chi connectivity index (χ1v) is 6.16. The van der Waals surface area contributed by atoms with E-state index in [1.165, 1.54) is 6.92 Å². The first-order chi connectivity index (χ1) is 8.03. The maximum atomic E-state index is 11.6. The Labute approximate surface area is 108 Å². The normalized spacial score (nSPS) is 15.1. The molecule has 0 spiro atoms. The highest BCUT2D eigenvalue weighted by Crippen LogP contribution is 2.12. The summed E-state index contributed by atoms with van der Waals surface area (Å²) in [6.07, 6.45) is -0.0664. The van der Waals surface area contributed by atoms with Crippen molar-refractivity contribution in [3.05, 3.63) is 10.1 Å². The van der Waals surface area contributed by atoms with E-state index in [4.69, 9.17) is 4.74 Å². The van der Waals surface area contributed by atoms with Crippen LogP contribution in [0.2, 0.25) is 0 Å². The van der Waals surface area contributed by atoms with Crippen molar-refractivity contribution in [2.45, 2.75) is 65.6 Å². The lowest BCUT2D eigenvalue weighted by Crippen LogP contribution is -2.47. The Hall–Kier alpha value is -1.33. The Morgan fingerprint density at radius 1 is 1.33 bits per heavy atom. The van der Waals surface area contributed by atoms with E-state index < -0.39 is 23.8 Å². The largest absolute Gasteiger partial charge is 0.444 e. The minimum absolute atomic E-state index is 0.257. The Bertz CT molecular complexity index is 297. The Morgan fingerprint density at radius 2 is 1.83 bits per heavy atom. The number of hydrogen-bond donors (Lipinski definition) is 1. The van der Waals surface area contributed by atoms with Gasteiger partial charge in [0.25, 0.3) is 0 Å². The molecule has 0 aromatic carbocycles. The average Bonchev–Trinajstić information content (AvgIpc) is 2.11. The molecule has 1 amide bonds. The quantitative estimate of drug-likeness (QED) is 0.608. The van der Waals surface area contributed by atoms with Gasteiger partial charge in [0.1, 0.15) is 5.60 Å². The van der Waals surface area contributed by atoms with Crippen molar-refractivity contribution >= 4 is 6.09 Å². The molecule has 0 aliphatic carbocycles. The lowest BCUT2D eigenvalue weighted by atomic mass is 9.99. The summed E-state index contributed by atoms with van der Waals surface area (Å²) in [5.41, 5.74) is -0.607. The maximum Gasteiger partial charge on any atom is 0.408 e. The van der Waals surface area contributed by atoms with Gasteiger partial charge in [0, 0.05) is 11.8 Å². The molecular formula is C12H24N2O4. The summed E-state index contributed by atoms with van der Waals surface area (Å²) < 4.78 is 5.11. The molecule has 6 heteroatoms. The van der Waals surface area contributed by atoms with Crippen LogP contribution in [0.1, 0.15) is 48.0 Å². The lowest BCUT2D eigenvalue weighted by molar-refractivity contribution is -0.522. The van der Waals surface area contributed by atoms with Crippen LogP contribution >= 0.6 is 0 Å². The van der Waals surface area contributed by atoms with Crippen LogP contribution in [0.4, 0.5) is 4.79 Å². The first kappa shape index (κ1) is 16.7. The molecule has 0 radical (unpaired) electrons. The van der Waals surface area contributed by atoms with Gasteiger partial charge in [-0.05, 0) is 33.1 Å². The average molecular weight is 260 g/mol. The molecule has 0 saturated heterocycles. The standard InChI is InChI=1S/C12H24N2O4/c1-8(2)7-10(9(3)14(16)17)13-11(15)18-12(4,5)6/h8-10H,7H2,1-6H3,(H,13,15)/t9-,10-/m0/s1. The number of carbonyl (C=O) groups excluding carboxylic acids is 1. The fourth-order valence-electron chi connectivity index (χ4n) is 1.49. The van der Waals surface area contributed by atoms with Crippen molar-refractivity contribution < 1.29 is 14.5 Å². The molecule has 0 aromatic rings. The molecule has 0 saturated carbocycles. The van der Waals surface area contributed by atoms with E-state index in [1.807, 2.05) is 13.8 Å². The molecule has 106 valence electrons. The summed E-state index contributed by atoms with van der Waals surface area (Å²) in [5.74, 6) is 0.257. The molecular weight excluding hydrogens is 236 g/mol. The van der Waals surface area contributed by atoms with Crippen LogP contribution in [0, 0.1) is 16.0 Å². The summed E-state index contributed by atoms with van der Waals surface area (Å²) in [4.78, 5) is 22.0. The van der Waals surface area contributed by atoms with E-state index in [0.29, 0.717) is 6.42 Å². The van der Waals surface area contributed by atoms with Gasteiger partial charge < -0.3 is 10.1 Å². The van der Waals surface area contributed by atoms with Crippen LogP contribution in [0.3, 0.4) is 0 Å². The molecule has 0 aliphatic rings. The third kappa shape index (κ3) is 7.09. The molecule has 0 heterocycles. The van der Waals surface area contributed by atoms with Crippen molar-refractivity contribution in [3.63, 3.8) is 0 Å². The molecule has 1 N–H and O–H groups in total. The van der Waals surface area contributed by atoms with Crippen molar-refractivity contribution in [2.75, 3.05) is 0 Å². The van der Waals surface area contributed by atoms with Crippen LogP contribution in [-0.2, 0) is 4.74 Å². The first-order valence-electron chi connectivity index (χ1n) is 6.16. The van der Waals surface area contributed by atoms with E-state index in [2.05, 4.69) is 5.32 Å². The van der Waals surface area contributed by atoms with E-state index >= 15 is 0 Å². The molecule has 0 aliphatic heterocycles. The maximum absolute atomic E-state index is 11.6. The van der Waals surface area contributed by atoms with Crippen molar-refractivity contribution in [2.24, 2.45) is 5.92 Å². The highest BCUT2D eigenvalue weighted by Gasteiger charge is 2.30. The second-order valence-electron chi connectivity index (χ2n) is 5.91. The lowest BCUT2D eigenvalue weighted by Gasteiger charge is -2.25. The number of nitro groups is 1. The summed E-state index contributed by atoms with van der Waals surface area (Å²) in [6.45, 7) is 10.7. The second-order valence-corrected chi connectivity index (χ2v) is 5.91. The predicted molar refractivity (Wildman–Crippen MR) is 69.1 cm³/mol. The van der Waals surface area contributed by atoms with Gasteiger partial charge in [-0.15, -0.1) is 0 Å². The Morgan fingerprint density at radius 3 is 2.17 bits per heavy atom. The molecule has 0 bridgehead atoms. The summed E-state index contributed by atoms with van der Waals surface area (Å²) in [6, 6.07) is -1.35. The second kappa shape index (κ2) is 6.56. The zero-order chi connectivity index (χ0) is 14.5. The van der Waals surface area contributed by atoms with Gasteiger partial charge in [0.05, 0.1) is 6.04 Å². The number of amides is 1. The predicted octanol–water partition coefficient (Wildman–Crippen LogP) is 2.59. The van der Waals surface area contributed by atoms with Gasteiger partial charge in [-0.3, -0.25) is 10.1 Å². The fraction of sp³-hybridized carbons (Fsp3) is 0.917. The number of nitrogens with one attached hydrogen (secondary N) is 1. The van der Waals surface area contributed by atoms with Crippen LogP contribution in [0.15, 0.2) is 0 Å². The number of alkyl carbamates (subject to hydrolysis) is 1. The molecule has 0 fully saturated rings. The third-order valence-electron chi connectivity index (χ3n) is 2.34. The minimum atomic E-state index is -0.833. The Kier molecular flexibility index (Phi) is 6.08. The molecule has 0 rings (SSSR count). The Balaban J connectivity index is 4.59. The smallest absolute Gasteiger partial charge is 0.408 e. The van der Waals surface area contributed by atoms with Crippen LogP contribution in [0.5, 0.6) is 0 Å². The summed E-state index contributed by atoms with van der Waals surface area (Å²) in [7, 11) is 0. The number of nitrogens with zero attached hydrogens (tertiary/aromatic N) is 1. The van der Waals surface area contributed by atoms with Gasteiger partial charge >= 0.3 is 6.09 Å². The summed E-state index contributed by atoms with van der Waals surface area (Å²) in [5, 5.41) is 13.4. The van der Waals surface area contributed by atoms with E-state index in [-0.39, 0.29) is 10.8 Å². The molecule has 0 unspecified atom stereocenters. The van der Waals surface area contributed by atoms with Gasteiger partial charge in [-0.2, -0.15) is 0 Å². The van der Waals surface area contributed by atoms with Gasteiger partial charge in [0.15, 0.2) is 0 Å². The van der Waals surface area contributed by atoms with Gasteiger partial charge in [-0.25, -0.2) is 4.79 Å². The number of carbonyl (C=O) groups is 1. The van der Waals surface area contributed by atoms with Crippen molar-refractivity contribution in [1.82, 2.24) is 5.32 Å². The third-order valence-corrected chi connectivity index (χ3v) is 2.34. The van der Waals surface area contributed by atoms with Crippen LogP contribution in [0.25, 0.3) is 0 Å². The van der Waals surface area contributed by atoms with Gasteiger partial charge in [-0.1, -0.05) is 13.8 Å². The van der Waals surface area contributed by atoms with E-state index in [1.54, 1.807) is 20.8 Å².